The number of hydrogen-bond acceptors (Lipinski definition) is 2. The Hall–Kier alpha value is -1.94. The third-order valence-electron chi connectivity index (χ3n) is 3.22. The molecule has 2 nitrogen and oxygen atoms in total. The molecule has 2 rings (SSSR count). The number of rotatable bonds is 4. The highest BCUT2D eigenvalue weighted by Gasteiger charge is 2.14. The summed E-state index contributed by atoms with van der Waals surface area (Å²) in [5, 5.41) is 10.0. The van der Waals surface area contributed by atoms with Crippen molar-refractivity contribution in [3.8, 4) is 5.75 Å². The Morgan fingerprint density at radius 2 is 1.70 bits per heavy atom. The van der Waals surface area contributed by atoms with Crippen LogP contribution in [0.25, 0.3) is 0 Å². The third kappa shape index (κ3) is 3.14. The quantitative estimate of drug-likeness (QED) is 0.924. The topological polar surface area (TPSA) is 29.5 Å². The van der Waals surface area contributed by atoms with E-state index in [9.17, 15) is 13.9 Å². The van der Waals surface area contributed by atoms with Crippen LogP contribution in [0.1, 0.15) is 22.8 Å². The van der Waals surface area contributed by atoms with Gasteiger partial charge in [-0.25, -0.2) is 8.78 Å². The van der Waals surface area contributed by atoms with Crippen LogP contribution in [0.3, 0.4) is 0 Å². The van der Waals surface area contributed by atoms with E-state index in [0.717, 1.165) is 23.3 Å². The maximum absolute atomic E-state index is 13.4. The lowest BCUT2D eigenvalue weighted by Crippen LogP contribution is -2.11. The Bertz CT molecular complexity index is 591. The number of ether oxygens (including phenoxy) is 1. The first kappa shape index (κ1) is 14.5. The smallest absolute Gasteiger partial charge is 0.190 e. The molecular formula is C16H16F2O2. The SMILES string of the molecule is Cc1ccc(C(O)COc2c(F)cccc2F)cc1C. The molecule has 1 N–H and O–H groups in total. The third-order valence-corrected chi connectivity index (χ3v) is 3.22. The van der Waals surface area contributed by atoms with Crippen LogP contribution in [0.15, 0.2) is 36.4 Å². The predicted molar refractivity (Wildman–Crippen MR) is 72.7 cm³/mol. The van der Waals surface area contributed by atoms with Crippen LogP contribution in [-0.4, -0.2) is 11.7 Å². The van der Waals surface area contributed by atoms with Gasteiger partial charge in [0.2, 0.25) is 0 Å². The fourth-order valence-electron chi connectivity index (χ4n) is 1.85. The minimum absolute atomic E-state index is 0.208. The highest BCUT2D eigenvalue weighted by atomic mass is 19.1. The van der Waals surface area contributed by atoms with E-state index in [1.165, 1.54) is 6.07 Å². The van der Waals surface area contributed by atoms with Crippen LogP contribution in [0, 0.1) is 25.5 Å². The van der Waals surface area contributed by atoms with Crippen molar-refractivity contribution in [3.05, 3.63) is 64.7 Å². The van der Waals surface area contributed by atoms with Crippen molar-refractivity contribution in [2.24, 2.45) is 0 Å². The van der Waals surface area contributed by atoms with E-state index in [-0.39, 0.29) is 6.61 Å². The van der Waals surface area contributed by atoms with Gasteiger partial charge in [-0.15, -0.1) is 0 Å². The van der Waals surface area contributed by atoms with Crippen molar-refractivity contribution < 1.29 is 18.6 Å². The van der Waals surface area contributed by atoms with Gasteiger partial charge >= 0.3 is 0 Å². The van der Waals surface area contributed by atoms with Gasteiger partial charge in [-0.2, -0.15) is 0 Å². The standard InChI is InChI=1S/C16H16F2O2/c1-10-6-7-12(8-11(10)2)15(19)9-20-16-13(17)4-3-5-14(16)18/h3-8,15,19H,9H2,1-2H3. The first-order valence-electron chi connectivity index (χ1n) is 6.31. The first-order valence-corrected chi connectivity index (χ1v) is 6.31. The van der Waals surface area contributed by atoms with Gasteiger partial charge in [0, 0.05) is 0 Å². The second-order valence-corrected chi connectivity index (χ2v) is 4.72. The first-order chi connectivity index (χ1) is 9.49. The van der Waals surface area contributed by atoms with Gasteiger partial charge in [-0.3, -0.25) is 0 Å². The summed E-state index contributed by atoms with van der Waals surface area (Å²) < 4.78 is 31.8. The van der Waals surface area contributed by atoms with Crippen molar-refractivity contribution in [2.45, 2.75) is 20.0 Å². The maximum Gasteiger partial charge on any atom is 0.190 e. The summed E-state index contributed by atoms with van der Waals surface area (Å²) in [4.78, 5) is 0. The van der Waals surface area contributed by atoms with Crippen molar-refractivity contribution in [1.29, 1.82) is 0 Å². The number of aryl methyl sites for hydroxylation is 2. The summed E-state index contributed by atoms with van der Waals surface area (Å²) in [6, 6.07) is 8.98. The molecule has 2 aromatic carbocycles. The maximum atomic E-state index is 13.4. The predicted octanol–water partition coefficient (Wildman–Crippen LogP) is 3.69. The molecule has 0 saturated carbocycles. The molecule has 0 aliphatic rings. The number of benzene rings is 2. The molecule has 2 aromatic rings. The van der Waals surface area contributed by atoms with Crippen LogP contribution in [0.4, 0.5) is 8.78 Å². The van der Waals surface area contributed by atoms with Gasteiger partial charge in [0.05, 0.1) is 0 Å². The highest BCUT2D eigenvalue weighted by molar-refractivity contribution is 5.31. The number of halogens is 2. The van der Waals surface area contributed by atoms with E-state index in [2.05, 4.69) is 0 Å². The van der Waals surface area contributed by atoms with Crippen LogP contribution < -0.4 is 4.74 Å². The lowest BCUT2D eigenvalue weighted by atomic mass is 10.0. The molecular weight excluding hydrogens is 262 g/mol. The molecule has 0 heterocycles. The fourth-order valence-corrected chi connectivity index (χ4v) is 1.85. The zero-order valence-electron chi connectivity index (χ0n) is 11.4. The monoisotopic (exact) mass is 278 g/mol. The Balaban J connectivity index is 2.08. The van der Waals surface area contributed by atoms with E-state index in [4.69, 9.17) is 4.74 Å². The average molecular weight is 278 g/mol. The van der Waals surface area contributed by atoms with Gasteiger partial charge in [0.1, 0.15) is 12.7 Å². The summed E-state index contributed by atoms with van der Waals surface area (Å²) >= 11 is 0. The molecule has 0 aliphatic carbocycles. The molecule has 0 saturated heterocycles. The van der Waals surface area contributed by atoms with E-state index < -0.39 is 23.5 Å². The summed E-state index contributed by atoms with van der Waals surface area (Å²) in [7, 11) is 0. The van der Waals surface area contributed by atoms with E-state index in [1.54, 1.807) is 6.07 Å². The lowest BCUT2D eigenvalue weighted by Gasteiger charge is -2.14. The highest BCUT2D eigenvalue weighted by Crippen LogP contribution is 2.23. The zero-order chi connectivity index (χ0) is 14.7. The molecule has 1 atom stereocenters. The van der Waals surface area contributed by atoms with Crippen molar-refractivity contribution in [3.63, 3.8) is 0 Å². The normalized spacial score (nSPS) is 12.2. The second-order valence-electron chi connectivity index (χ2n) is 4.72. The Morgan fingerprint density at radius 1 is 1.05 bits per heavy atom. The molecule has 0 spiro atoms. The summed E-state index contributed by atoms with van der Waals surface area (Å²) in [5.74, 6) is -2.02. The molecule has 106 valence electrons. The molecule has 0 aromatic heterocycles. The molecule has 1 unspecified atom stereocenters. The van der Waals surface area contributed by atoms with Gasteiger partial charge in [0.15, 0.2) is 17.4 Å². The number of para-hydroxylation sites is 1. The zero-order valence-corrected chi connectivity index (χ0v) is 11.4. The molecule has 0 aliphatic heterocycles. The molecule has 0 fully saturated rings. The largest absolute Gasteiger partial charge is 0.484 e. The van der Waals surface area contributed by atoms with Crippen LogP contribution in [-0.2, 0) is 0 Å². The van der Waals surface area contributed by atoms with E-state index in [1.807, 2.05) is 26.0 Å². The molecule has 4 heteroatoms. The van der Waals surface area contributed by atoms with Crippen molar-refractivity contribution in [2.75, 3.05) is 6.61 Å². The van der Waals surface area contributed by atoms with Crippen LogP contribution in [0.5, 0.6) is 5.75 Å². The summed E-state index contributed by atoms with van der Waals surface area (Å²) in [5.41, 5.74) is 2.81. The van der Waals surface area contributed by atoms with Gasteiger partial charge in [-0.05, 0) is 42.7 Å². The van der Waals surface area contributed by atoms with Gasteiger partial charge in [-0.1, -0.05) is 24.3 Å². The summed E-state index contributed by atoms with van der Waals surface area (Å²) in [6.07, 6.45) is -0.937. The number of aliphatic hydroxyl groups excluding tert-OH is 1. The van der Waals surface area contributed by atoms with Crippen molar-refractivity contribution >= 4 is 0 Å². The Morgan fingerprint density at radius 3 is 2.30 bits per heavy atom. The molecule has 0 bridgehead atoms. The average Bonchev–Trinajstić information content (AvgIpc) is 2.41. The molecule has 20 heavy (non-hydrogen) atoms. The van der Waals surface area contributed by atoms with E-state index >= 15 is 0 Å². The van der Waals surface area contributed by atoms with E-state index in [0.29, 0.717) is 5.56 Å². The molecule has 0 amide bonds. The fraction of sp³-hybridized carbons (Fsp3) is 0.250. The lowest BCUT2D eigenvalue weighted by molar-refractivity contribution is 0.103. The minimum atomic E-state index is -0.937. The number of hydrogen-bond donors (Lipinski definition) is 1. The van der Waals surface area contributed by atoms with Gasteiger partial charge in [0.25, 0.3) is 0 Å². The Kier molecular flexibility index (Phi) is 4.35. The minimum Gasteiger partial charge on any atom is -0.484 e. The summed E-state index contributed by atoms with van der Waals surface area (Å²) in [6.45, 7) is 3.69. The number of aliphatic hydroxyl groups is 1. The second kappa shape index (κ2) is 6.01. The Labute approximate surface area is 116 Å². The van der Waals surface area contributed by atoms with Crippen molar-refractivity contribution in [1.82, 2.24) is 0 Å². The van der Waals surface area contributed by atoms with Gasteiger partial charge < -0.3 is 9.84 Å². The van der Waals surface area contributed by atoms with Crippen LogP contribution >= 0.6 is 0 Å². The molecule has 0 radical (unpaired) electrons. The van der Waals surface area contributed by atoms with Crippen LogP contribution in [0.2, 0.25) is 0 Å².